The lowest BCUT2D eigenvalue weighted by Gasteiger charge is -2.23. The Balaban J connectivity index is 1.88. The van der Waals surface area contributed by atoms with Gasteiger partial charge in [0.05, 0.1) is 13.2 Å². The lowest BCUT2D eigenvalue weighted by atomic mass is 10.1. The number of morpholine rings is 1. The van der Waals surface area contributed by atoms with Crippen molar-refractivity contribution in [2.24, 2.45) is 0 Å². The number of nitrogens with one attached hydrogen (secondary N) is 3. The van der Waals surface area contributed by atoms with Gasteiger partial charge < -0.3 is 20.7 Å². The van der Waals surface area contributed by atoms with E-state index in [0.717, 1.165) is 13.0 Å². The van der Waals surface area contributed by atoms with Crippen molar-refractivity contribution in [2.45, 2.75) is 25.8 Å². The highest BCUT2D eigenvalue weighted by Gasteiger charge is 2.17. The Morgan fingerprint density at radius 2 is 2.27 bits per heavy atom. The number of ether oxygens (including phenoxy) is 1. The van der Waals surface area contributed by atoms with E-state index in [1.807, 2.05) is 6.92 Å². The Bertz CT molecular complexity index is 513. The second-order valence-electron chi connectivity index (χ2n) is 5.31. The van der Waals surface area contributed by atoms with Crippen molar-refractivity contribution in [1.29, 1.82) is 0 Å². The fraction of sp³-hybridized carbons (Fsp3) is 0.500. The first-order valence-electron chi connectivity index (χ1n) is 7.68. The molecule has 1 unspecified atom stereocenters. The van der Waals surface area contributed by atoms with Crippen molar-refractivity contribution in [2.75, 3.05) is 31.6 Å². The third-order valence-corrected chi connectivity index (χ3v) is 3.37. The zero-order valence-corrected chi connectivity index (χ0v) is 12.9. The molecule has 3 N–H and O–H groups in total. The molecule has 0 spiro atoms. The van der Waals surface area contributed by atoms with Gasteiger partial charge >= 0.3 is 0 Å². The molecule has 0 radical (unpaired) electrons. The van der Waals surface area contributed by atoms with Crippen LogP contribution in [0.15, 0.2) is 24.3 Å². The van der Waals surface area contributed by atoms with Crippen LogP contribution in [0.1, 0.15) is 30.1 Å². The zero-order chi connectivity index (χ0) is 15.8. The third kappa shape index (κ3) is 5.13. The summed E-state index contributed by atoms with van der Waals surface area (Å²) in [5.41, 5.74) is 1.18. The summed E-state index contributed by atoms with van der Waals surface area (Å²) in [7, 11) is 0. The van der Waals surface area contributed by atoms with E-state index in [1.54, 1.807) is 24.3 Å². The fourth-order valence-corrected chi connectivity index (χ4v) is 2.27. The number of hydrogen-bond acceptors (Lipinski definition) is 4. The predicted octanol–water partition coefficient (Wildman–Crippen LogP) is 1.14. The first kappa shape index (κ1) is 16.5. The van der Waals surface area contributed by atoms with Gasteiger partial charge in [-0.25, -0.2) is 0 Å². The lowest BCUT2D eigenvalue weighted by Crippen LogP contribution is -2.43. The zero-order valence-electron chi connectivity index (χ0n) is 12.9. The third-order valence-electron chi connectivity index (χ3n) is 3.37. The molecule has 1 aliphatic rings. The van der Waals surface area contributed by atoms with Gasteiger partial charge in [-0.1, -0.05) is 13.0 Å². The highest BCUT2D eigenvalue weighted by atomic mass is 16.5. The first-order chi connectivity index (χ1) is 10.7. The number of carbonyl (C=O) groups is 2. The van der Waals surface area contributed by atoms with E-state index >= 15 is 0 Å². The minimum atomic E-state index is -0.125. The topological polar surface area (TPSA) is 79.5 Å². The maximum Gasteiger partial charge on any atom is 0.251 e. The van der Waals surface area contributed by atoms with Crippen molar-refractivity contribution in [1.82, 2.24) is 10.6 Å². The molecule has 120 valence electrons. The predicted molar refractivity (Wildman–Crippen MR) is 84.9 cm³/mol. The molecule has 0 aromatic heterocycles. The van der Waals surface area contributed by atoms with E-state index < -0.39 is 0 Å². The van der Waals surface area contributed by atoms with Crippen LogP contribution >= 0.6 is 0 Å². The molecule has 6 heteroatoms. The summed E-state index contributed by atoms with van der Waals surface area (Å²) in [6.07, 6.45) is 1.24. The average molecular weight is 305 g/mol. The first-order valence-corrected chi connectivity index (χ1v) is 7.68. The summed E-state index contributed by atoms with van der Waals surface area (Å²) in [6.45, 7) is 4.65. The molecule has 0 aliphatic carbocycles. The molecule has 1 fully saturated rings. The largest absolute Gasteiger partial charge is 0.378 e. The molecule has 1 aromatic carbocycles. The lowest BCUT2D eigenvalue weighted by molar-refractivity contribution is -0.117. The Hall–Kier alpha value is -1.92. The van der Waals surface area contributed by atoms with Crippen LogP contribution in [0.3, 0.4) is 0 Å². The van der Waals surface area contributed by atoms with Crippen LogP contribution < -0.4 is 16.0 Å². The SMILES string of the molecule is CCCNC(=O)c1cccc(NC(=O)CC2COCCN2)c1. The molecule has 0 saturated carbocycles. The number of benzene rings is 1. The number of rotatable bonds is 6. The number of carbonyl (C=O) groups excluding carboxylic acids is 2. The monoisotopic (exact) mass is 305 g/mol. The van der Waals surface area contributed by atoms with Gasteiger partial charge in [0.2, 0.25) is 5.91 Å². The number of hydrogen-bond donors (Lipinski definition) is 3. The minimum absolute atomic E-state index is 0.0461. The highest BCUT2D eigenvalue weighted by Crippen LogP contribution is 2.12. The molecule has 1 atom stereocenters. The molecule has 1 saturated heterocycles. The molecule has 2 amide bonds. The van der Waals surface area contributed by atoms with Crippen molar-refractivity contribution in [3.8, 4) is 0 Å². The van der Waals surface area contributed by atoms with Crippen molar-refractivity contribution in [3.63, 3.8) is 0 Å². The van der Waals surface area contributed by atoms with E-state index in [2.05, 4.69) is 16.0 Å². The Morgan fingerprint density at radius 3 is 3.00 bits per heavy atom. The van der Waals surface area contributed by atoms with Crippen molar-refractivity contribution < 1.29 is 14.3 Å². The van der Waals surface area contributed by atoms with Gasteiger partial charge in [0, 0.05) is 36.8 Å². The highest BCUT2D eigenvalue weighted by molar-refractivity contribution is 5.97. The van der Waals surface area contributed by atoms with E-state index in [4.69, 9.17) is 4.74 Å². The van der Waals surface area contributed by atoms with E-state index in [9.17, 15) is 9.59 Å². The van der Waals surface area contributed by atoms with Gasteiger partial charge in [-0.2, -0.15) is 0 Å². The Kier molecular flexibility index (Phi) is 6.36. The van der Waals surface area contributed by atoms with Crippen LogP contribution in [0.5, 0.6) is 0 Å². The maximum absolute atomic E-state index is 12.0. The van der Waals surface area contributed by atoms with Gasteiger partial charge in [0.15, 0.2) is 0 Å². The average Bonchev–Trinajstić information content (AvgIpc) is 2.53. The summed E-state index contributed by atoms with van der Waals surface area (Å²) in [5.74, 6) is -0.214. The molecule has 2 rings (SSSR count). The van der Waals surface area contributed by atoms with Gasteiger partial charge in [0.1, 0.15) is 0 Å². The molecular formula is C16H23N3O3. The maximum atomic E-state index is 12.0. The van der Waals surface area contributed by atoms with Gasteiger partial charge in [0.25, 0.3) is 5.91 Å². The van der Waals surface area contributed by atoms with E-state index in [0.29, 0.717) is 37.4 Å². The van der Waals surface area contributed by atoms with Crippen LogP contribution in [0.2, 0.25) is 0 Å². The quantitative estimate of drug-likeness (QED) is 0.736. The number of amides is 2. The van der Waals surface area contributed by atoms with Gasteiger partial charge in [-0.15, -0.1) is 0 Å². The molecular weight excluding hydrogens is 282 g/mol. The summed E-state index contributed by atoms with van der Waals surface area (Å²) in [6, 6.07) is 7.01. The van der Waals surface area contributed by atoms with E-state index in [-0.39, 0.29) is 17.9 Å². The summed E-state index contributed by atoms with van der Waals surface area (Å²) < 4.78 is 5.33. The molecule has 1 aliphatic heterocycles. The summed E-state index contributed by atoms with van der Waals surface area (Å²) in [5, 5.41) is 8.88. The van der Waals surface area contributed by atoms with Crippen LogP contribution in [-0.4, -0.2) is 44.2 Å². The smallest absolute Gasteiger partial charge is 0.251 e. The minimum Gasteiger partial charge on any atom is -0.378 e. The summed E-state index contributed by atoms with van der Waals surface area (Å²) >= 11 is 0. The van der Waals surface area contributed by atoms with Crippen LogP contribution in [0.25, 0.3) is 0 Å². The van der Waals surface area contributed by atoms with E-state index in [1.165, 1.54) is 0 Å². The molecule has 1 aromatic rings. The molecule has 0 bridgehead atoms. The Labute approximate surface area is 130 Å². The van der Waals surface area contributed by atoms with Gasteiger partial charge in [-0.3, -0.25) is 9.59 Å². The number of anilines is 1. The van der Waals surface area contributed by atoms with Crippen LogP contribution in [0, 0.1) is 0 Å². The van der Waals surface area contributed by atoms with Gasteiger partial charge in [-0.05, 0) is 24.6 Å². The standard InChI is InChI=1S/C16H23N3O3/c1-2-6-18-16(21)12-4-3-5-13(9-12)19-15(20)10-14-11-22-8-7-17-14/h3-5,9,14,17H,2,6-8,10-11H2,1H3,(H,18,21)(H,19,20). The molecule has 22 heavy (non-hydrogen) atoms. The second-order valence-corrected chi connectivity index (χ2v) is 5.31. The summed E-state index contributed by atoms with van der Waals surface area (Å²) in [4.78, 5) is 23.9. The molecule has 1 heterocycles. The van der Waals surface area contributed by atoms with Crippen LogP contribution in [-0.2, 0) is 9.53 Å². The fourth-order valence-electron chi connectivity index (χ4n) is 2.27. The van der Waals surface area contributed by atoms with Crippen molar-refractivity contribution in [3.05, 3.63) is 29.8 Å². The Morgan fingerprint density at radius 1 is 1.41 bits per heavy atom. The second kappa shape index (κ2) is 8.51. The van der Waals surface area contributed by atoms with Crippen molar-refractivity contribution >= 4 is 17.5 Å². The van der Waals surface area contributed by atoms with Crippen LogP contribution in [0.4, 0.5) is 5.69 Å². The normalized spacial score (nSPS) is 17.8. The molecule has 6 nitrogen and oxygen atoms in total.